The Morgan fingerprint density at radius 1 is 1.30 bits per heavy atom. The Labute approximate surface area is 118 Å². The molecule has 1 heterocycles. The van der Waals surface area contributed by atoms with Gasteiger partial charge in [0.2, 0.25) is 0 Å². The second kappa shape index (κ2) is 6.86. The van der Waals surface area contributed by atoms with E-state index in [2.05, 4.69) is 22.5 Å². The predicted octanol–water partition coefficient (Wildman–Crippen LogP) is 1.89. The molecule has 5 nitrogen and oxygen atoms in total. The van der Waals surface area contributed by atoms with Gasteiger partial charge >= 0.3 is 5.97 Å². The molecule has 2 aromatic rings. The molecular weight excluding hydrogens is 254 g/mol. The van der Waals surface area contributed by atoms with Gasteiger partial charge in [0.15, 0.2) is 0 Å². The maximum Gasteiger partial charge on any atom is 0.341 e. The summed E-state index contributed by atoms with van der Waals surface area (Å²) in [5, 5.41) is 7.44. The van der Waals surface area contributed by atoms with Gasteiger partial charge in [-0.1, -0.05) is 30.3 Å². The number of hydrogen-bond acceptors (Lipinski definition) is 4. The van der Waals surface area contributed by atoms with E-state index >= 15 is 0 Å². The van der Waals surface area contributed by atoms with E-state index < -0.39 is 0 Å². The first-order valence-corrected chi connectivity index (χ1v) is 6.65. The van der Waals surface area contributed by atoms with Crippen molar-refractivity contribution in [3.63, 3.8) is 0 Å². The number of hydrogen-bond donors (Lipinski definition) is 1. The van der Waals surface area contributed by atoms with Gasteiger partial charge in [-0.3, -0.25) is 4.68 Å². The lowest BCUT2D eigenvalue weighted by atomic mass is 10.2. The molecule has 5 heteroatoms. The van der Waals surface area contributed by atoms with E-state index in [1.807, 2.05) is 25.2 Å². The molecule has 106 valence electrons. The number of carbonyl (C=O) groups excluding carboxylic acids is 1. The molecule has 0 aliphatic carbocycles. The summed E-state index contributed by atoms with van der Waals surface area (Å²) in [7, 11) is 1.82. The van der Waals surface area contributed by atoms with E-state index in [1.54, 1.807) is 17.8 Å². The van der Waals surface area contributed by atoms with Crippen LogP contribution in [0, 0.1) is 0 Å². The number of nitrogens with one attached hydrogen (secondary N) is 1. The second-order valence-corrected chi connectivity index (χ2v) is 4.44. The summed E-state index contributed by atoms with van der Waals surface area (Å²) < 4.78 is 6.73. The van der Waals surface area contributed by atoms with Gasteiger partial charge in [-0.2, -0.15) is 5.10 Å². The van der Waals surface area contributed by atoms with Gasteiger partial charge in [0.1, 0.15) is 5.56 Å². The monoisotopic (exact) mass is 273 g/mol. The largest absolute Gasteiger partial charge is 0.462 e. The number of rotatable bonds is 6. The van der Waals surface area contributed by atoms with Gasteiger partial charge in [0.05, 0.1) is 18.5 Å². The smallest absolute Gasteiger partial charge is 0.341 e. The Bertz CT molecular complexity index is 564. The average molecular weight is 273 g/mol. The summed E-state index contributed by atoms with van der Waals surface area (Å²) >= 11 is 0. The first-order chi connectivity index (χ1) is 9.72. The van der Waals surface area contributed by atoms with Crippen LogP contribution in [0.3, 0.4) is 0 Å². The average Bonchev–Trinajstić information content (AvgIpc) is 2.82. The minimum atomic E-state index is -0.322. The first kappa shape index (κ1) is 14.3. The molecule has 0 saturated heterocycles. The SMILES string of the molecule is CCOC(=O)c1cnn(C)c1CNCc1ccccc1. The Balaban J connectivity index is 1.99. The van der Waals surface area contributed by atoms with E-state index in [0.29, 0.717) is 18.7 Å². The van der Waals surface area contributed by atoms with Crippen molar-refractivity contribution in [1.29, 1.82) is 0 Å². The predicted molar refractivity (Wildman–Crippen MR) is 76.2 cm³/mol. The van der Waals surface area contributed by atoms with Crippen LogP contribution in [0.4, 0.5) is 0 Å². The lowest BCUT2D eigenvalue weighted by Crippen LogP contribution is -2.18. The number of ether oxygens (including phenoxy) is 1. The third-order valence-corrected chi connectivity index (χ3v) is 3.02. The minimum Gasteiger partial charge on any atom is -0.462 e. The third kappa shape index (κ3) is 3.45. The topological polar surface area (TPSA) is 56.1 Å². The van der Waals surface area contributed by atoms with Crippen molar-refractivity contribution in [3.8, 4) is 0 Å². The molecule has 1 N–H and O–H groups in total. The number of benzene rings is 1. The van der Waals surface area contributed by atoms with Crippen LogP contribution in [-0.2, 0) is 24.9 Å². The lowest BCUT2D eigenvalue weighted by Gasteiger charge is -2.08. The molecule has 0 unspecified atom stereocenters. The third-order valence-electron chi connectivity index (χ3n) is 3.02. The van der Waals surface area contributed by atoms with Gasteiger partial charge in [0, 0.05) is 20.1 Å². The van der Waals surface area contributed by atoms with E-state index in [1.165, 1.54) is 5.56 Å². The molecule has 0 fully saturated rings. The highest BCUT2D eigenvalue weighted by molar-refractivity contribution is 5.90. The summed E-state index contributed by atoms with van der Waals surface area (Å²) in [6.45, 7) is 3.47. The van der Waals surface area contributed by atoms with Crippen LogP contribution in [-0.4, -0.2) is 22.4 Å². The fourth-order valence-electron chi connectivity index (χ4n) is 1.97. The molecule has 0 aliphatic rings. The van der Waals surface area contributed by atoms with Crippen LogP contribution >= 0.6 is 0 Å². The molecule has 0 radical (unpaired) electrons. The lowest BCUT2D eigenvalue weighted by molar-refractivity contribution is 0.0524. The van der Waals surface area contributed by atoms with Crippen molar-refractivity contribution >= 4 is 5.97 Å². The molecule has 0 spiro atoms. The first-order valence-electron chi connectivity index (χ1n) is 6.65. The number of nitrogens with zero attached hydrogens (tertiary/aromatic N) is 2. The van der Waals surface area contributed by atoms with Crippen LogP contribution in [0.25, 0.3) is 0 Å². The van der Waals surface area contributed by atoms with Crippen LogP contribution in [0.1, 0.15) is 28.5 Å². The number of aromatic nitrogens is 2. The van der Waals surface area contributed by atoms with Crippen LogP contribution in [0.15, 0.2) is 36.5 Å². The van der Waals surface area contributed by atoms with Gasteiger partial charge in [-0.25, -0.2) is 4.79 Å². The molecule has 0 aliphatic heterocycles. The fraction of sp³-hybridized carbons (Fsp3) is 0.333. The highest BCUT2D eigenvalue weighted by Crippen LogP contribution is 2.09. The normalized spacial score (nSPS) is 10.5. The van der Waals surface area contributed by atoms with Crippen LogP contribution in [0.2, 0.25) is 0 Å². The van der Waals surface area contributed by atoms with E-state index in [0.717, 1.165) is 12.2 Å². The highest BCUT2D eigenvalue weighted by atomic mass is 16.5. The number of aryl methyl sites for hydroxylation is 1. The maximum absolute atomic E-state index is 11.8. The van der Waals surface area contributed by atoms with Crippen molar-refractivity contribution in [2.75, 3.05) is 6.61 Å². The van der Waals surface area contributed by atoms with E-state index in [4.69, 9.17) is 4.74 Å². The van der Waals surface area contributed by atoms with Gasteiger partial charge < -0.3 is 10.1 Å². The van der Waals surface area contributed by atoms with Crippen LogP contribution < -0.4 is 5.32 Å². The fourth-order valence-corrected chi connectivity index (χ4v) is 1.97. The number of carbonyl (C=O) groups is 1. The summed E-state index contributed by atoms with van der Waals surface area (Å²) in [6, 6.07) is 10.1. The molecule has 1 aromatic carbocycles. The van der Waals surface area contributed by atoms with Gasteiger partial charge in [-0.05, 0) is 12.5 Å². The molecule has 20 heavy (non-hydrogen) atoms. The maximum atomic E-state index is 11.8. The minimum absolute atomic E-state index is 0.322. The zero-order valence-corrected chi connectivity index (χ0v) is 11.8. The van der Waals surface area contributed by atoms with Crippen molar-refractivity contribution in [2.24, 2.45) is 7.05 Å². The van der Waals surface area contributed by atoms with E-state index in [-0.39, 0.29) is 5.97 Å². The van der Waals surface area contributed by atoms with Gasteiger partial charge in [-0.15, -0.1) is 0 Å². The van der Waals surface area contributed by atoms with Crippen LogP contribution in [0.5, 0.6) is 0 Å². The summed E-state index contributed by atoms with van der Waals surface area (Å²) in [6.07, 6.45) is 1.55. The Kier molecular flexibility index (Phi) is 4.90. The standard InChI is InChI=1S/C15H19N3O2/c1-3-20-15(19)13-10-17-18(2)14(13)11-16-9-12-7-5-4-6-8-12/h4-8,10,16H,3,9,11H2,1-2H3. The molecule has 0 atom stereocenters. The zero-order chi connectivity index (χ0) is 14.4. The van der Waals surface area contributed by atoms with Gasteiger partial charge in [0.25, 0.3) is 0 Å². The summed E-state index contributed by atoms with van der Waals surface area (Å²) in [5.74, 6) is -0.322. The van der Waals surface area contributed by atoms with E-state index in [9.17, 15) is 4.79 Å². The number of esters is 1. The molecule has 2 rings (SSSR count). The van der Waals surface area contributed by atoms with Crippen molar-refractivity contribution in [1.82, 2.24) is 15.1 Å². The summed E-state index contributed by atoms with van der Waals surface area (Å²) in [5.41, 5.74) is 2.56. The molecule has 1 aromatic heterocycles. The zero-order valence-electron chi connectivity index (χ0n) is 11.8. The Morgan fingerprint density at radius 3 is 2.75 bits per heavy atom. The quantitative estimate of drug-likeness (QED) is 0.817. The summed E-state index contributed by atoms with van der Waals surface area (Å²) in [4.78, 5) is 11.8. The molecular formula is C15H19N3O2. The Morgan fingerprint density at radius 2 is 2.05 bits per heavy atom. The molecule has 0 saturated carbocycles. The molecule has 0 amide bonds. The second-order valence-electron chi connectivity index (χ2n) is 4.44. The van der Waals surface area contributed by atoms with Crippen molar-refractivity contribution in [3.05, 3.63) is 53.3 Å². The van der Waals surface area contributed by atoms with Crippen molar-refractivity contribution < 1.29 is 9.53 Å². The molecule has 0 bridgehead atoms. The Hall–Kier alpha value is -2.14. The highest BCUT2D eigenvalue weighted by Gasteiger charge is 2.16. The van der Waals surface area contributed by atoms with Crippen molar-refractivity contribution in [2.45, 2.75) is 20.0 Å².